The van der Waals surface area contributed by atoms with Crippen LogP contribution in [0.4, 0.5) is 0 Å². The lowest BCUT2D eigenvalue weighted by Gasteiger charge is -2.38. The van der Waals surface area contributed by atoms with Crippen LogP contribution in [0, 0.1) is 11.8 Å². The average molecular weight is 564 g/mol. The summed E-state index contributed by atoms with van der Waals surface area (Å²) >= 11 is 6.64. The Balaban J connectivity index is 1.24. The van der Waals surface area contributed by atoms with E-state index in [0.29, 0.717) is 68.1 Å². The third-order valence-electron chi connectivity index (χ3n) is 9.75. The summed E-state index contributed by atoms with van der Waals surface area (Å²) in [7, 11) is 0. The highest BCUT2D eigenvalue weighted by atomic mass is 35.5. The van der Waals surface area contributed by atoms with Gasteiger partial charge in [0.1, 0.15) is 0 Å². The molecule has 8 nitrogen and oxygen atoms in total. The van der Waals surface area contributed by atoms with Gasteiger partial charge in [0.05, 0.1) is 40.1 Å². The molecule has 5 aliphatic rings. The minimum Gasteiger partial charge on any atom is -0.481 e. The van der Waals surface area contributed by atoms with Gasteiger partial charge >= 0.3 is 5.97 Å². The zero-order chi connectivity index (χ0) is 27.6. The third-order valence-corrected chi connectivity index (χ3v) is 10.1. The first-order valence-corrected chi connectivity index (χ1v) is 15.0. The van der Waals surface area contributed by atoms with Crippen molar-refractivity contribution >= 4 is 35.0 Å². The van der Waals surface area contributed by atoms with E-state index in [1.165, 1.54) is 4.68 Å². The minimum atomic E-state index is -0.776. The molecule has 2 aliphatic heterocycles. The summed E-state index contributed by atoms with van der Waals surface area (Å²) in [5, 5.41) is 14.8. The van der Waals surface area contributed by atoms with Gasteiger partial charge in [0.15, 0.2) is 0 Å². The van der Waals surface area contributed by atoms with E-state index in [2.05, 4.69) is 0 Å². The Morgan fingerprint density at radius 2 is 1.88 bits per heavy atom. The lowest BCUT2D eigenvalue weighted by molar-refractivity contribution is -0.148. The van der Waals surface area contributed by atoms with Crippen molar-refractivity contribution in [1.29, 1.82) is 0 Å². The van der Waals surface area contributed by atoms with Gasteiger partial charge in [-0.2, -0.15) is 9.78 Å². The number of carboxylic acid groups (broad SMARTS) is 1. The number of rotatable bonds is 5. The Hall–Kier alpha value is -2.97. The van der Waals surface area contributed by atoms with Crippen LogP contribution in [0.25, 0.3) is 5.57 Å². The molecule has 3 atom stereocenters. The summed E-state index contributed by atoms with van der Waals surface area (Å²) < 4.78 is 7.35. The van der Waals surface area contributed by atoms with Crippen molar-refractivity contribution < 1.29 is 24.2 Å². The number of likely N-dealkylation sites (tertiary alicyclic amines) is 1. The number of ether oxygens (including phenoxy) is 1. The normalized spacial score (nSPS) is 27.7. The molecule has 3 unspecified atom stereocenters. The number of fused-ring (bicyclic) bond motifs is 1. The molecular weight excluding hydrogens is 530 g/mol. The molecule has 0 bridgehead atoms. The van der Waals surface area contributed by atoms with E-state index in [4.69, 9.17) is 21.4 Å². The molecule has 2 saturated heterocycles. The van der Waals surface area contributed by atoms with Crippen LogP contribution in [0.3, 0.4) is 0 Å². The SMILES string of the molecule is O=C(O)C1CC=C(c2nn(C(=O)c3c(Cl)cccc3C3CC3)c3c2CCC(C(=O)N2CCC4(CCO4)C2)C3)CC1. The van der Waals surface area contributed by atoms with Crippen molar-refractivity contribution in [2.24, 2.45) is 11.8 Å². The van der Waals surface area contributed by atoms with Gasteiger partial charge in [-0.15, -0.1) is 0 Å². The highest BCUT2D eigenvalue weighted by molar-refractivity contribution is 6.34. The summed E-state index contributed by atoms with van der Waals surface area (Å²) in [4.78, 5) is 41.4. The maximum Gasteiger partial charge on any atom is 0.306 e. The van der Waals surface area contributed by atoms with Crippen LogP contribution in [0.15, 0.2) is 24.3 Å². The number of halogens is 1. The number of hydrogen-bond acceptors (Lipinski definition) is 5. The van der Waals surface area contributed by atoms with Crippen molar-refractivity contribution in [3.05, 3.63) is 57.4 Å². The van der Waals surface area contributed by atoms with Crippen LogP contribution in [-0.2, 0) is 27.2 Å². The first-order valence-electron chi connectivity index (χ1n) is 14.6. The minimum absolute atomic E-state index is 0.136. The molecule has 210 valence electrons. The summed E-state index contributed by atoms with van der Waals surface area (Å²) in [6, 6.07) is 5.64. The second-order valence-corrected chi connectivity index (χ2v) is 12.6. The van der Waals surface area contributed by atoms with E-state index in [-0.39, 0.29) is 23.3 Å². The maximum absolute atomic E-state index is 14.2. The summed E-state index contributed by atoms with van der Waals surface area (Å²) in [6.07, 6.45) is 9.37. The van der Waals surface area contributed by atoms with Crippen molar-refractivity contribution in [3.8, 4) is 0 Å². The molecular formula is C31H34ClN3O5. The number of carbonyl (C=O) groups is 3. The molecule has 1 saturated carbocycles. The van der Waals surface area contributed by atoms with Crippen molar-refractivity contribution in [2.75, 3.05) is 19.7 Å². The Bertz CT molecular complexity index is 1440. The number of aliphatic carboxylic acids is 1. The molecule has 1 aromatic carbocycles. The van der Waals surface area contributed by atoms with Gasteiger partial charge in [0.25, 0.3) is 5.91 Å². The van der Waals surface area contributed by atoms with Crippen LogP contribution in [0.5, 0.6) is 0 Å². The van der Waals surface area contributed by atoms with Gasteiger partial charge in [0.2, 0.25) is 5.91 Å². The van der Waals surface area contributed by atoms with E-state index < -0.39 is 11.9 Å². The summed E-state index contributed by atoms with van der Waals surface area (Å²) in [5.41, 5.74) is 4.90. The molecule has 3 aliphatic carbocycles. The van der Waals surface area contributed by atoms with Crippen LogP contribution in [0.1, 0.15) is 90.2 Å². The number of allylic oxidation sites excluding steroid dienone is 2. The number of carboxylic acids is 1. The predicted molar refractivity (Wildman–Crippen MR) is 148 cm³/mol. The molecule has 1 aromatic heterocycles. The molecule has 2 aromatic rings. The van der Waals surface area contributed by atoms with Crippen molar-refractivity contribution in [2.45, 2.75) is 75.7 Å². The van der Waals surface area contributed by atoms with Crippen molar-refractivity contribution in [3.63, 3.8) is 0 Å². The van der Waals surface area contributed by atoms with Crippen LogP contribution < -0.4 is 0 Å². The van der Waals surface area contributed by atoms with Gasteiger partial charge in [-0.25, -0.2) is 0 Å². The monoisotopic (exact) mass is 563 g/mol. The zero-order valence-corrected chi connectivity index (χ0v) is 23.3. The van der Waals surface area contributed by atoms with Crippen LogP contribution in [0.2, 0.25) is 5.02 Å². The summed E-state index contributed by atoms with van der Waals surface area (Å²) in [6.45, 7) is 2.14. The standard InChI is InChI=1S/C31H34ClN3O5/c32-24-3-1-2-22(18-4-5-18)26(24)29(37)35-25-16-21(28(36)34-14-12-31(17-34)13-15-40-31)10-11-23(25)27(33-35)19-6-8-20(9-7-19)30(38)39/h1-3,6,18,20-21H,4-5,7-17H2,(H,38,39). The first-order chi connectivity index (χ1) is 19.3. The first kappa shape index (κ1) is 26.0. The molecule has 3 heterocycles. The Kier molecular flexibility index (Phi) is 6.39. The van der Waals surface area contributed by atoms with Gasteiger partial charge in [-0.3, -0.25) is 14.4 Å². The summed E-state index contributed by atoms with van der Waals surface area (Å²) in [5.74, 6) is -1.16. The molecule has 3 fully saturated rings. The highest BCUT2D eigenvalue weighted by Crippen LogP contribution is 2.44. The van der Waals surface area contributed by atoms with E-state index >= 15 is 0 Å². The number of aromatic nitrogens is 2. The van der Waals surface area contributed by atoms with Gasteiger partial charge < -0.3 is 14.7 Å². The molecule has 9 heteroatoms. The highest BCUT2D eigenvalue weighted by Gasteiger charge is 2.47. The van der Waals surface area contributed by atoms with E-state index in [9.17, 15) is 19.5 Å². The Morgan fingerprint density at radius 1 is 1.07 bits per heavy atom. The lowest BCUT2D eigenvalue weighted by atomic mass is 9.82. The van der Waals surface area contributed by atoms with E-state index in [1.807, 2.05) is 23.1 Å². The molecule has 7 rings (SSSR count). The van der Waals surface area contributed by atoms with Crippen LogP contribution in [-0.4, -0.2) is 62.9 Å². The molecule has 40 heavy (non-hydrogen) atoms. The van der Waals surface area contributed by atoms with Crippen molar-refractivity contribution in [1.82, 2.24) is 14.7 Å². The third kappa shape index (κ3) is 4.40. The molecule has 1 N–H and O–H groups in total. The maximum atomic E-state index is 14.2. The number of nitrogens with zero attached hydrogens (tertiary/aromatic N) is 3. The number of hydrogen-bond donors (Lipinski definition) is 1. The Morgan fingerprint density at radius 3 is 2.52 bits per heavy atom. The molecule has 0 radical (unpaired) electrons. The fourth-order valence-corrected chi connectivity index (χ4v) is 7.40. The second kappa shape index (κ2) is 9.84. The van der Waals surface area contributed by atoms with E-state index in [0.717, 1.165) is 60.4 Å². The van der Waals surface area contributed by atoms with Gasteiger partial charge in [0, 0.05) is 37.4 Å². The largest absolute Gasteiger partial charge is 0.481 e. The smallest absolute Gasteiger partial charge is 0.306 e. The predicted octanol–water partition coefficient (Wildman–Crippen LogP) is 4.87. The Labute approximate surface area is 238 Å². The average Bonchev–Trinajstić information content (AvgIpc) is 3.56. The fraction of sp³-hybridized carbons (Fsp3) is 0.548. The molecule has 1 amide bonds. The number of carbonyl (C=O) groups excluding carboxylic acids is 2. The number of amides is 1. The van der Waals surface area contributed by atoms with E-state index in [1.54, 1.807) is 6.07 Å². The number of benzene rings is 1. The fourth-order valence-electron chi connectivity index (χ4n) is 7.13. The second-order valence-electron chi connectivity index (χ2n) is 12.2. The van der Waals surface area contributed by atoms with Gasteiger partial charge in [-0.05, 0) is 74.5 Å². The van der Waals surface area contributed by atoms with Crippen LogP contribution >= 0.6 is 11.6 Å². The molecule has 1 spiro atoms. The quantitative estimate of drug-likeness (QED) is 0.557. The zero-order valence-electron chi connectivity index (χ0n) is 22.5. The lowest BCUT2D eigenvalue weighted by Crippen LogP contribution is -2.47. The topological polar surface area (TPSA) is 102 Å². The van der Waals surface area contributed by atoms with Gasteiger partial charge in [-0.1, -0.05) is 29.8 Å².